The van der Waals surface area contributed by atoms with Gasteiger partial charge in [0, 0.05) is 5.56 Å². The Morgan fingerprint density at radius 3 is 2.46 bits per heavy atom. The topological polar surface area (TPSA) is 66.4 Å². The van der Waals surface area contributed by atoms with Crippen LogP contribution in [0.15, 0.2) is 48.5 Å². The number of halogens is 1. The van der Waals surface area contributed by atoms with E-state index < -0.39 is 29.7 Å². The second-order valence-corrected chi connectivity index (χ2v) is 6.99. The maximum Gasteiger partial charge on any atom is 0.326 e. The number of thioether (sulfide) groups is 1. The van der Waals surface area contributed by atoms with Crippen LogP contribution in [0.3, 0.4) is 0 Å². The lowest BCUT2D eigenvalue weighted by Gasteiger charge is -2.18. The molecule has 0 bridgehead atoms. The predicted octanol–water partition coefficient (Wildman–Crippen LogP) is 3.92. The van der Waals surface area contributed by atoms with Gasteiger partial charge in [-0.2, -0.15) is 11.8 Å². The maximum absolute atomic E-state index is 14.5. The zero-order chi connectivity index (χ0) is 19.1. The molecule has 2 aromatic rings. The fourth-order valence-corrected chi connectivity index (χ4v) is 3.07. The third-order valence-corrected chi connectivity index (χ3v) is 4.84. The van der Waals surface area contributed by atoms with E-state index in [1.165, 1.54) is 17.8 Å². The van der Waals surface area contributed by atoms with Crippen LogP contribution in [0.2, 0.25) is 0 Å². The van der Waals surface area contributed by atoms with E-state index >= 15 is 0 Å². The Balaban J connectivity index is 2.13. The largest absolute Gasteiger partial charge is 0.480 e. The Kier molecular flexibility index (Phi) is 7.21. The third kappa shape index (κ3) is 5.08. The van der Waals surface area contributed by atoms with Gasteiger partial charge in [-0.1, -0.05) is 42.5 Å². The van der Waals surface area contributed by atoms with Gasteiger partial charge < -0.3 is 10.4 Å². The van der Waals surface area contributed by atoms with Gasteiger partial charge in [0.2, 0.25) is 5.91 Å². The van der Waals surface area contributed by atoms with Crippen LogP contribution in [0, 0.1) is 5.82 Å². The molecule has 2 rings (SSSR count). The molecule has 6 heteroatoms. The van der Waals surface area contributed by atoms with Crippen LogP contribution in [0.5, 0.6) is 0 Å². The molecule has 0 aromatic heterocycles. The van der Waals surface area contributed by atoms with Crippen LogP contribution in [0.1, 0.15) is 24.8 Å². The number of carbonyl (C=O) groups excluding carboxylic acids is 1. The van der Waals surface area contributed by atoms with E-state index in [2.05, 4.69) is 5.32 Å². The molecule has 138 valence electrons. The van der Waals surface area contributed by atoms with E-state index in [0.717, 1.165) is 5.56 Å². The molecule has 1 amide bonds. The van der Waals surface area contributed by atoms with Gasteiger partial charge >= 0.3 is 5.97 Å². The number of carboxylic acid groups (broad SMARTS) is 1. The van der Waals surface area contributed by atoms with Gasteiger partial charge in [0.25, 0.3) is 0 Å². The molecule has 0 radical (unpaired) electrons. The molecule has 2 atom stereocenters. The van der Waals surface area contributed by atoms with E-state index in [1.807, 2.05) is 36.6 Å². The van der Waals surface area contributed by atoms with Crippen LogP contribution in [-0.4, -0.2) is 35.0 Å². The molecule has 0 saturated heterocycles. The number of benzene rings is 2. The number of rotatable bonds is 8. The maximum atomic E-state index is 14.5. The van der Waals surface area contributed by atoms with Crippen molar-refractivity contribution >= 4 is 23.6 Å². The molecular formula is C20H22FNO3S. The van der Waals surface area contributed by atoms with Crippen LogP contribution < -0.4 is 5.32 Å². The SMILES string of the molecule is CSCC[C@H](NC(=O)[C@@H](C)c1ccc(-c2ccccc2)c(F)c1)C(=O)O. The van der Waals surface area contributed by atoms with Crippen molar-refractivity contribution in [3.8, 4) is 11.1 Å². The summed E-state index contributed by atoms with van der Waals surface area (Å²) in [7, 11) is 0. The van der Waals surface area contributed by atoms with E-state index in [4.69, 9.17) is 0 Å². The van der Waals surface area contributed by atoms with Crippen molar-refractivity contribution in [1.29, 1.82) is 0 Å². The lowest BCUT2D eigenvalue weighted by molar-refractivity contribution is -0.142. The molecule has 0 saturated carbocycles. The van der Waals surface area contributed by atoms with Gasteiger partial charge in [-0.25, -0.2) is 9.18 Å². The Labute approximate surface area is 156 Å². The number of hydrogen-bond acceptors (Lipinski definition) is 3. The van der Waals surface area contributed by atoms with Crippen LogP contribution in [-0.2, 0) is 9.59 Å². The lowest BCUT2D eigenvalue weighted by Crippen LogP contribution is -2.42. The van der Waals surface area contributed by atoms with Gasteiger partial charge in [-0.05, 0) is 42.5 Å². The average Bonchev–Trinajstić information content (AvgIpc) is 2.64. The van der Waals surface area contributed by atoms with E-state index in [-0.39, 0.29) is 0 Å². The molecule has 26 heavy (non-hydrogen) atoms. The first-order chi connectivity index (χ1) is 12.4. The lowest BCUT2D eigenvalue weighted by atomic mass is 9.96. The number of aliphatic carboxylic acids is 1. The minimum absolute atomic E-state index is 0.344. The van der Waals surface area contributed by atoms with E-state index in [0.29, 0.717) is 23.3 Å². The number of hydrogen-bond donors (Lipinski definition) is 2. The standard InChI is InChI=1S/C20H22FNO3S/c1-13(19(23)22-18(20(24)25)10-11-26-2)15-8-9-16(17(21)12-15)14-6-4-3-5-7-14/h3-9,12-13,18H,10-11H2,1-2H3,(H,22,23)(H,24,25)/t13-,18-/m0/s1. The first-order valence-electron chi connectivity index (χ1n) is 8.31. The minimum Gasteiger partial charge on any atom is -0.480 e. The molecule has 0 heterocycles. The number of carbonyl (C=O) groups is 2. The number of carboxylic acids is 1. The Bertz CT molecular complexity index is 767. The van der Waals surface area contributed by atoms with Crippen molar-refractivity contribution in [2.45, 2.75) is 25.3 Å². The number of nitrogens with one attached hydrogen (secondary N) is 1. The smallest absolute Gasteiger partial charge is 0.326 e. The van der Waals surface area contributed by atoms with Crippen molar-refractivity contribution in [2.75, 3.05) is 12.0 Å². The van der Waals surface area contributed by atoms with Crippen molar-refractivity contribution in [2.24, 2.45) is 0 Å². The van der Waals surface area contributed by atoms with E-state index in [9.17, 15) is 19.1 Å². The van der Waals surface area contributed by atoms with Gasteiger partial charge in [0.15, 0.2) is 0 Å². The third-order valence-electron chi connectivity index (χ3n) is 4.20. The Hall–Kier alpha value is -2.34. The highest BCUT2D eigenvalue weighted by Gasteiger charge is 2.24. The molecule has 2 aromatic carbocycles. The summed E-state index contributed by atoms with van der Waals surface area (Å²) in [6.45, 7) is 1.64. The highest BCUT2D eigenvalue weighted by Crippen LogP contribution is 2.26. The summed E-state index contributed by atoms with van der Waals surface area (Å²) in [5, 5.41) is 11.8. The molecule has 0 aliphatic carbocycles. The summed E-state index contributed by atoms with van der Waals surface area (Å²) in [6, 6.07) is 12.9. The molecule has 0 aliphatic rings. The highest BCUT2D eigenvalue weighted by atomic mass is 32.2. The second kappa shape index (κ2) is 9.38. The predicted molar refractivity (Wildman–Crippen MR) is 103 cm³/mol. The quantitative estimate of drug-likeness (QED) is 0.734. The monoisotopic (exact) mass is 375 g/mol. The van der Waals surface area contributed by atoms with Crippen molar-refractivity contribution in [1.82, 2.24) is 5.32 Å². The van der Waals surface area contributed by atoms with Crippen molar-refractivity contribution in [3.63, 3.8) is 0 Å². The Morgan fingerprint density at radius 1 is 1.19 bits per heavy atom. The second-order valence-electron chi connectivity index (χ2n) is 6.01. The molecule has 0 spiro atoms. The zero-order valence-corrected chi connectivity index (χ0v) is 15.6. The highest BCUT2D eigenvalue weighted by molar-refractivity contribution is 7.98. The van der Waals surface area contributed by atoms with Crippen LogP contribution >= 0.6 is 11.8 Å². The first-order valence-corrected chi connectivity index (χ1v) is 9.70. The van der Waals surface area contributed by atoms with Gasteiger partial charge in [0.05, 0.1) is 5.92 Å². The first kappa shape index (κ1) is 20.0. The molecule has 2 N–H and O–H groups in total. The van der Waals surface area contributed by atoms with Gasteiger partial charge in [0.1, 0.15) is 11.9 Å². The molecule has 0 aliphatic heterocycles. The minimum atomic E-state index is -1.06. The fourth-order valence-electron chi connectivity index (χ4n) is 2.59. The normalized spacial score (nSPS) is 13.0. The molecule has 4 nitrogen and oxygen atoms in total. The van der Waals surface area contributed by atoms with Crippen LogP contribution in [0.4, 0.5) is 4.39 Å². The van der Waals surface area contributed by atoms with Crippen molar-refractivity contribution < 1.29 is 19.1 Å². The summed E-state index contributed by atoms with van der Waals surface area (Å²) >= 11 is 1.52. The Morgan fingerprint density at radius 2 is 1.88 bits per heavy atom. The summed E-state index contributed by atoms with van der Waals surface area (Å²) < 4.78 is 14.5. The fraction of sp³-hybridized carbons (Fsp3) is 0.300. The number of amides is 1. The van der Waals surface area contributed by atoms with Crippen molar-refractivity contribution in [3.05, 3.63) is 59.9 Å². The van der Waals surface area contributed by atoms with E-state index in [1.54, 1.807) is 19.1 Å². The van der Waals surface area contributed by atoms with Gasteiger partial charge in [-0.3, -0.25) is 4.79 Å². The molecular weight excluding hydrogens is 353 g/mol. The van der Waals surface area contributed by atoms with Gasteiger partial charge in [-0.15, -0.1) is 0 Å². The average molecular weight is 375 g/mol. The summed E-state index contributed by atoms with van der Waals surface area (Å²) in [4.78, 5) is 23.7. The molecule has 0 fully saturated rings. The summed E-state index contributed by atoms with van der Waals surface area (Å²) in [5.41, 5.74) is 1.73. The van der Waals surface area contributed by atoms with Crippen LogP contribution in [0.25, 0.3) is 11.1 Å². The zero-order valence-electron chi connectivity index (χ0n) is 14.7. The summed E-state index contributed by atoms with van der Waals surface area (Å²) in [5.74, 6) is -1.92. The molecule has 0 unspecified atom stereocenters. The summed E-state index contributed by atoms with van der Waals surface area (Å²) in [6.07, 6.45) is 2.22.